The van der Waals surface area contributed by atoms with E-state index in [0.29, 0.717) is 11.6 Å². The number of hydrogen-bond donors (Lipinski definition) is 0. The predicted molar refractivity (Wildman–Crippen MR) is 73.9 cm³/mol. The van der Waals surface area contributed by atoms with Gasteiger partial charge in [0.05, 0.1) is 12.4 Å². The van der Waals surface area contributed by atoms with Gasteiger partial charge in [-0.25, -0.2) is 4.98 Å². The van der Waals surface area contributed by atoms with Crippen LogP contribution in [-0.2, 0) is 19.8 Å². The van der Waals surface area contributed by atoms with Crippen molar-refractivity contribution in [2.45, 2.75) is 6.16 Å². The van der Waals surface area contributed by atoms with E-state index in [4.69, 9.17) is 13.8 Å². The summed E-state index contributed by atoms with van der Waals surface area (Å²) in [7, 11) is -0.358. The summed E-state index contributed by atoms with van der Waals surface area (Å²) in [5.41, 5.74) is 0.790. The minimum Gasteiger partial charge on any atom is -0.437 e. The molecule has 0 N–H and O–H groups in total. The van der Waals surface area contributed by atoms with Gasteiger partial charge < -0.3 is 13.8 Å². The summed E-state index contributed by atoms with van der Waals surface area (Å²) < 4.78 is 27.5. The molecular weight excluding hydrogens is 279 g/mol. The van der Waals surface area contributed by atoms with E-state index < -0.39 is 7.60 Å². The Morgan fingerprint density at radius 3 is 2.65 bits per heavy atom. The summed E-state index contributed by atoms with van der Waals surface area (Å²) in [5.74, 6) is 0.980. The van der Waals surface area contributed by atoms with Gasteiger partial charge in [0.15, 0.2) is 0 Å². The van der Waals surface area contributed by atoms with Crippen molar-refractivity contribution in [3.05, 3.63) is 48.4 Å². The molecule has 0 atom stereocenters. The Morgan fingerprint density at radius 1 is 1.20 bits per heavy atom. The van der Waals surface area contributed by atoms with Crippen molar-refractivity contribution in [2.24, 2.45) is 0 Å². The number of aromatic nitrogens is 2. The molecule has 0 aliphatic rings. The molecule has 2 rings (SSSR count). The third-order valence-corrected chi connectivity index (χ3v) is 4.46. The third kappa shape index (κ3) is 3.87. The Labute approximate surface area is 117 Å². The molecule has 0 amide bonds. The molecule has 1 aromatic carbocycles. The monoisotopic (exact) mass is 294 g/mol. The van der Waals surface area contributed by atoms with Gasteiger partial charge in [-0.05, 0) is 17.7 Å². The lowest BCUT2D eigenvalue weighted by atomic mass is 10.2. The van der Waals surface area contributed by atoms with E-state index in [1.807, 2.05) is 6.07 Å². The molecule has 0 spiro atoms. The van der Waals surface area contributed by atoms with Crippen LogP contribution in [0.25, 0.3) is 0 Å². The second kappa shape index (κ2) is 6.61. The van der Waals surface area contributed by atoms with E-state index in [-0.39, 0.29) is 6.16 Å². The summed E-state index contributed by atoms with van der Waals surface area (Å²) in [6, 6.07) is 7.17. The lowest BCUT2D eigenvalue weighted by Crippen LogP contribution is -1.94. The summed E-state index contributed by atoms with van der Waals surface area (Å²) in [6.45, 7) is 0. The second-order valence-corrected chi connectivity index (χ2v) is 6.20. The van der Waals surface area contributed by atoms with Gasteiger partial charge in [0.1, 0.15) is 5.75 Å². The number of benzene rings is 1. The molecule has 0 fully saturated rings. The number of hydrogen-bond acceptors (Lipinski definition) is 6. The molecule has 1 heterocycles. The SMILES string of the molecule is COP(=O)(Cc1cccc(Oc2cnccn2)c1)OC. The molecule has 0 aliphatic carbocycles. The van der Waals surface area contributed by atoms with Gasteiger partial charge >= 0.3 is 7.60 Å². The zero-order valence-corrected chi connectivity index (χ0v) is 12.1. The number of ether oxygens (including phenoxy) is 1. The minimum absolute atomic E-state index is 0.178. The normalized spacial score (nSPS) is 11.3. The maximum absolute atomic E-state index is 12.1. The van der Waals surface area contributed by atoms with E-state index in [1.165, 1.54) is 20.4 Å². The third-order valence-electron chi connectivity index (χ3n) is 2.59. The fraction of sp³-hybridized carbons (Fsp3) is 0.231. The van der Waals surface area contributed by atoms with Crippen molar-refractivity contribution in [2.75, 3.05) is 14.2 Å². The zero-order chi connectivity index (χ0) is 14.4. The molecule has 0 radical (unpaired) electrons. The van der Waals surface area contributed by atoms with Crippen LogP contribution in [0, 0.1) is 0 Å². The molecule has 20 heavy (non-hydrogen) atoms. The largest absolute Gasteiger partial charge is 0.437 e. The van der Waals surface area contributed by atoms with Crippen LogP contribution in [0.15, 0.2) is 42.9 Å². The van der Waals surface area contributed by atoms with Gasteiger partial charge in [-0.15, -0.1) is 0 Å². The maximum Gasteiger partial charge on any atom is 0.334 e. The summed E-state index contributed by atoms with van der Waals surface area (Å²) in [6.07, 6.45) is 4.81. The summed E-state index contributed by atoms with van der Waals surface area (Å²) in [4.78, 5) is 7.94. The average molecular weight is 294 g/mol. The van der Waals surface area contributed by atoms with Crippen LogP contribution in [0.5, 0.6) is 11.6 Å². The van der Waals surface area contributed by atoms with E-state index in [2.05, 4.69) is 9.97 Å². The molecule has 0 saturated carbocycles. The van der Waals surface area contributed by atoms with Crippen LogP contribution in [0.1, 0.15) is 5.56 Å². The lowest BCUT2D eigenvalue weighted by Gasteiger charge is -2.14. The molecule has 0 aliphatic heterocycles. The molecule has 0 bridgehead atoms. The first-order valence-corrected chi connectivity index (χ1v) is 7.61. The van der Waals surface area contributed by atoms with Crippen molar-refractivity contribution < 1.29 is 18.3 Å². The van der Waals surface area contributed by atoms with Gasteiger partial charge in [-0.2, -0.15) is 0 Å². The predicted octanol–water partition coefficient (Wildman–Crippen LogP) is 3.25. The highest BCUT2D eigenvalue weighted by atomic mass is 31.2. The second-order valence-electron chi connectivity index (χ2n) is 3.93. The highest BCUT2D eigenvalue weighted by Crippen LogP contribution is 2.49. The van der Waals surface area contributed by atoms with Crippen molar-refractivity contribution in [1.29, 1.82) is 0 Å². The molecule has 7 heteroatoms. The fourth-order valence-corrected chi connectivity index (χ4v) is 2.64. The quantitative estimate of drug-likeness (QED) is 0.762. The first kappa shape index (κ1) is 14.7. The van der Waals surface area contributed by atoms with Crippen LogP contribution in [0.2, 0.25) is 0 Å². The topological polar surface area (TPSA) is 70.5 Å². The molecule has 6 nitrogen and oxygen atoms in total. The smallest absolute Gasteiger partial charge is 0.334 e. The Kier molecular flexibility index (Phi) is 4.84. The highest BCUT2D eigenvalue weighted by Gasteiger charge is 2.21. The fourth-order valence-electron chi connectivity index (χ4n) is 1.59. The van der Waals surface area contributed by atoms with Gasteiger partial charge in [0.25, 0.3) is 0 Å². The maximum atomic E-state index is 12.1. The minimum atomic E-state index is -3.09. The Bertz CT molecular complexity index is 598. The standard InChI is InChI=1S/C13H15N2O4P/c1-17-20(16,18-2)10-11-4-3-5-12(8-11)19-13-9-14-6-7-15-13/h3-9H,10H2,1-2H3. The van der Waals surface area contributed by atoms with Gasteiger partial charge in [0.2, 0.25) is 5.88 Å². The number of nitrogens with zero attached hydrogens (tertiary/aromatic N) is 2. The molecule has 1 aromatic heterocycles. The zero-order valence-electron chi connectivity index (χ0n) is 11.2. The molecular formula is C13H15N2O4P. The van der Waals surface area contributed by atoms with E-state index in [0.717, 1.165) is 5.56 Å². The lowest BCUT2D eigenvalue weighted by molar-refractivity contribution is 0.275. The molecule has 2 aromatic rings. The van der Waals surface area contributed by atoms with Gasteiger partial charge in [-0.3, -0.25) is 9.55 Å². The van der Waals surface area contributed by atoms with E-state index in [9.17, 15) is 4.57 Å². The Hall–Kier alpha value is -1.75. The summed E-state index contributed by atoms with van der Waals surface area (Å²) in [5, 5.41) is 0. The highest BCUT2D eigenvalue weighted by molar-refractivity contribution is 7.52. The Morgan fingerprint density at radius 2 is 2.00 bits per heavy atom. The van der Waals surface area contributed by atoms with Crippen LogP contribution in [0.3, 0.4) is 0 Å². The van der Waals surface area contributed by atoms with Gasteiger partial charge in [-0.1, -0.05) is 12.1 Å². The van der Waals surface area contributed by atoms with Crippen LogP contribution in [-0.4, -0.2) is 24.2 Å². The molecule has 0 saturated heterocycles. The average Bonchev–Trinajstić information content (AvgIpc) is 2.48. The van der Waals surface area contributed by atoms with Crippen molar-refractivity contribution in [1.82, 2.24) is 9.97 Å². The van der Waals surface area contributed by atoms with Crippen LogP contribution in [0.4, 0.5) is 0 Å². The van der Waals surface area contributed by atoms with Crippen molar-refractivity contribution >= 4 is 7.60 Å². The molecule has 106 valence electrons. The van der Waals surface area contributed by atoms with Crippen LogP contribution < -0.4 is 4.74 Å². The first-order valence-electron chi connectivity index (χ1n) is 5.88. The van der Waals surface area contributed by atoms with E-state index >= 15 is 0 Å². The first-order chi connectivity index (χ1) is 9.65. The number of rotatable bonds is 6. The van der Waals surface area contributed by atoms with Crippen molar-refractivity contribution in [3.8, 4) is 11.6 Å². The van der Waals surface area contributed by atoms with Crippen molar-refractivity contribution in [3.63, 3.8) is 0 Å². The Balaban J connectivity index is 2.14. The summed E-state index contributed by atoms with van der Waals surface area (Å²) >= 11 is 0. The van der Waals surface area contributed by atoms with E-state index in [1.54, 1.807) is 30.6 Å². The molecule has 0 unspecified atom stereocenters. The van der Waals surface area contributed by atoms with Crippen LogP contribution >= 0.6 is 7.60 Å². The van der Waals surface area contributed by atoms with Gasteiger partial charge in [0, 0.05) is 26.6 Å².